The summed E-state index contributed by atoms with van der Waals surface area (Å²) in [7, 11) is -3.81. The van der Waals surface area contributed by atoms with E-state index in [1.54, 1.807) is 17.0 Å². The maximum Gasteiger partial charge on any atom is 0.244 e. The van der Waals surface area contributed by atoms with Gasteiger partial charge in [0, 0.05) is 23.5 Å². The number of sulfonamides is 1. The normalized spacial score (nSPS) is 14.4. The predicted octanol–water partition coefficient (Wildman–Crippen LogP) is 5.53. The van der Waals surface area contributed by atoms with Crippen molar-refractivity contribution in [2.24, 2.45) is 0 Å². The molecule has 0 saturated heterocycles. The maximum atomic E-state index is 14.2. The number of nitrogens with zero attached hydrogens (tertiary/aromatic N) is 2. The summed E-state index contributed by atoms with van der Waals surface area (Å²) < 4.78 is 28.0. The lowest BCUT2D eigenvalue weighted by atomic mass is 10.0. The van der Waals surface area contributed by atoms with Crippen molar-refractivity contribution in [2.75, 3.05) is 17.1 Å². The minimum atomic E-state index is -3.81. The molecule has 0 unspecified atom stereocenters. The van der Waals surface area contributed by atoms with E-state index in [4.69, 9.17) is 0 Å². The highest BCUT2D eigenvalue weighted by atomic mass is 79.9. The minimum absolute atomic E-state index is 0.0754. The van der Waals surface area contributed by atoms with Crippen molar-refractivity contribution in [3.63, 3.8) is 0 Å². The third-order valence-electron chi connectivity index (χ3n) is 7.39. The van der Waals surface area contributed by atoms with Crippen LogP contribution in [-0.4, -0.2) is 50.0 Å². The Morgan fingerprint density at radius 2 is 1.56 bits per heavy atom. The quantitative estimate of drug-likeness (QED) is 0.299. The fourth-order valence-corrected chi connectivity index (χ4v) is 6.74. The van der Waals surface area contributed by atoms with E-state index < -0.39 is 28.5 Å². The lowest BCUT2D eigenvalue weighted by molar-refractivity contribution is -0.140. The van der Waals surface area contributed by atoms with Crippen LogP contribution in [0.1, 0.15) is 47.9 Å². The Morgan fingerprint density at radius 3 is 2.17 bits per heavy atom. The van der Waals surface area contributed by atoms with Gasteiger partial charge < -0.3 is 10.2 Å². The first-order valence-electron chi connectivity index (χ1n) is 13.9. The van der Waals surface area contributed by atoms with E-state index in [0.717, 1.165) is 63.0 Å². The summed E-state index contributed by atoms with van der Waals surface area (Å²) in [5, 5.41) is 3.19. The first-order chi connectivity index (χ1) is 19.5. The molecule has 41 heavy (non-hydrogen) atoms. The van der Waals surface area contributed by atoms with Crippen molar-refractivity contribution >= 4 is 43.5 Å². The Kier molecular flexibility index (Phi) is 10.3. The topological polar surface area (TPSA) is 86.8 Å². The van der Waals surface area contributed by atoms with Gasteiger partial charge in [0.15, 0.2) is 0 Å². The molecule has 2 amide bonds. The third-order valence-corrected chi connectivity index (χ3v) is 9.02. The molecule has 0 spiro atoms. The standard InChI is InChI=1S/C32H38BrN3O4S/c1-23-16-24(2)18-29(17-23)36(41(3,39)40)22-31(37)35(21-26-12-9-13-27(33)19-26)30(20-25-10-5-4-6-11-25)32(38)34-28-14-7-8-15-28/h4-6,9-13,16-19,28,30H,7-8,14-15,20-22H2,1-3H3,(H,34,38)/t30-/m0/s1. The molecule has 1 aliphatic rings. The molecular weight excluding hydrogens is 602 g/mol. The third kappa shape index (κ3) is 8.66. The average Bonchev–Trinajstić information content (AvgIpc) is 3.41. The van der Waals surface area contributed by atoms with Crippen molar-refractivity contribution in [3.8, 4) is 0 Å². The largest absolute Gasteiger partial charge is 0.352 e. The summed E-state index contributed by atoms with van der Waals surface area (Å²) >= 11 is 3.51. The number of carbonyl (C=O) groups is 2. The Bertz CT molecular complexity index is 1450. The number of anilines is 1. The highest BCUT2D eigenvalue weighted by Crippen LogP contribution is 2.24. The molecular formula is C32H38BrN3O4S. The number of halogens is 1. The van der Waals surface area contributed by atoms with Gasteiger partial charge in [-0.15, -0.1) is 0 Å². The molecule has 3 aromatic rings. The molecule has 0 heterocycles. The van der Waals surface area contributed by atoms with Crippen LogP contribution in [0.3, 0.4) is 0 Å². The van der Waals surface area contributed by atoms with Gasteiger partial charge in [0.05, 0.1) is 11.9 Å². The summed E-state index contributed by atoms with van der Waals surface area (Å²) in [5.41, 5.74) is 3.96. The second-order valence-electron chi connectivity index (χ2n) is 11.0. The Balaban J connectivity index is 1.74. The van der Waals surface area contributed by atoms with Gasteiger partial charge in [0.2, 0.25) is 21.8 Å². The smallest absolute Gasteiger partial charge is 0.244 e. The lowest BCUT2D eigenvalue weighted by Gasteiger charge is -2.34. The molecule has 218 valence electrons. The van der Waals surface area contributed by atoms with Crippen LogP contribution in [0.25, 0.3) is 0 Å². The summed E-state index contributed by atoms with van der Waals surface area (Å²) in [6.07, 6.45) is 5.37. The van der Waals surface area contributed by atoms with Crippen molar-refractivity contribution in [1.29, 1.82) is 0 Å². The summed E-state index contributed by atoms with van der Waals surface area (Å²) in [4.78, 5) is 29.7. The molecule has 0 aromatic heterocycles. The number of carbonyl (C=O) groups excluding carboxylic acids is 2. The predicted molar refractivity (Wildman–Crippen MR) is 167 cm³/mol. The summed E-state index contributed by atoms with van der Waals surface area (Å²) in [5.74, 6) is -0.668. The van der Waals surface area contributed by atoms with Gasteiger partial charge in [-0.25, -0.2) is 8.42 Å². The Hall–Kier alpha value is -3.17. The molecule has 3 aromatic carbocycles. The number of nitrogens with one attached hydrogen (secondary N) is 1. The highest BCUT2D eigenvalue weighted by Gasteiger charge is 2.34. The molecule has 9 heteroatoms. The molecule has 4 rings (SSSR count). The van der Waals surface area contributed by atoms with Gasteiger partial charge in [0.1, 0.15) is 12.6 Å². The molecule has 1 aliphatic carbocycles. The molecule has 1 fully saturated rings. The Morgan fingerprint density at radius 1 is 0.927 bits per heavy atom. The van der Waals surface area contributed by atoms with Crippen molar-refractivity contribution in [2.45, 2.75) is 64.6 Å². The Labute approximate surface area is 252 Å². The van der Waals surface area contributed by atoms with Crippen molar-refractivity contribution < 1.29 is 18.0 Å². The van der Waals surface area contributed by atoms with E-state index in [2.05, 4.69) is 21.2 Å². The fourth-order valence-electron chi connectivity index (χ4n) is 5.46. The van der Waals surface area contributed by atoms with Crippen LogP contribution in [-0.2, 0) is 32.6 Å². The first-order valence-corrected chi connectivity index (χ1v) is 16.6. The van der Waals surface area contributed by atoms with Gasteiger partial charge in [-0.2, -0.15) is 0 Å². The molecule has 0 radical (unpaired) electrons. The van der Waals surface area contributed by atoms with Gasteiger partial charge in [-0.3, -0.25) is 13.9 Å². The number of hydrogen-bond donors (Lipinski definition) is 1. The lowest BCUT2D eigenvalue weighted by Crippen LogP contribution is -2.54. The van der Waals surface area contributed by atoms with Crippen LogP contribution in [0, 0.1) is 13.8 Å². The number of hydrogen-bond acceptors (Lipinski definition) is 4. The molecule has 0 bridgehead atoms. The molecule has 1 atom stereocenters. The van der Waals surface area contributed by atoms with E-state index in [1.807, 2.05) is 74.5 Å². The number of benzene rings is 3. The van der Waals surface area contributed by atoms with Crippen LogP contribution in [0.5, 0.6) is 0 Å². The van der Waals surface area contributed by atoms with E-state index in [-0.39, 0.29) is 18.5 Å². The van der Waals surface area contributed by atoms with Gasteiger partial charge in [0.25, 0.3) is 0 Å². The highest BCUT2D eigenvalue weighted by molar-refractivity contribution is 9.10. The SMILES string of the molecule is Cc1cc(C)cc(N(CC(=O)N(Cc2cccc(Br)c2)[C@@H](Cc2ccccc2)C(=O)NC2CCCC2)S(C)(=O)=O)c1. The van der Waals surface area contributed by atoms with Crippen LogP contribution >= 0.6 is 15.9 Å². The van der Waals surface area contributed by atoms with Gasteiger partial charge in [-0.05, 0) is 73.2 Å². The molecule has 0 aliphatic heterocycles. The maximum absolute atomic E-state index is 14.2. The van der Waals surface area contributed by atoms with E-state index in [1.165, 1.54) is 0 Å². The second-order valence-corrected chi connectivity index (χ2v) is 13.8. The number of amides is 2. The zero-order valence-electron chi connectivity index (χ0n) is 23.8. The van der Waals surface area contributed by atoms with Crippen LogP contribution in [0.2, 0.25) is 0 Å². The van der Waals surface area contributed by atoms with Crippen molar-refractivity contribution in [1.82, 2.24) is 10.2 Å². The minimum Gasteiger partial charge on any atom is -0.352 e. The second kappa shape index (κ2) is 13.7. The van der Waals surface area contributed by atoms with Crippen LogP contribution in [0.4, 0.5) is 5.69 Å². The van der Waals surface area contributed by atoms with Crippen molar-refractivity contribution in [3.05, 3.63) is 99.5 Å². The number of rotatable bonds is 11. The number of aryl methyl sites for hydroxylation is 2. The zero-order chi connectivity index (χ0) is 29.6. The van der Waals surface area contributed by atoms with Gasteiger partial charge >= 0.3 is 0 Å². The summed E-state index contributed by atoms with van der Waals surface area (Å²) in [6, 6.07) is 21.9. The fraction of sp³-hybridized carbons (Fsp3) is 0.375. The monoisotopic (exact) mass is 639 g/mol. The van der Waals surface area contributed by atoms with Gasteiger partial charge in [-0.1, -0.05) is 77.3 Å². The zero-order valence-corrected chi connectivity index (χ0v) is 26.2. The molecule has 1 saturated carbocycles. The molecule has 7 nitrogen and oxygen atoms in total. The summed E-state index contributed by atoms with van der Waals surface area (Å²) in [6.45, 7) is 3.51. The van der Waals surface area contributed by atoms with E-state index >= 15 is 0 Å². The van der Waals surface area contributed by atoms with E-state index in [0.29, 0.717) is 12.1 Å². The first kappa shape index (κ1) is 30.8. The molecule has 1 N–H and O–H groups in total. The van der Waals surface area contributed by atoms with Crippen LogP contribution in [0.15, 0.2) is 77.3 Å². The average molecular weight is 641 g/mol. The van der Waals surface area contributed by atoms with Crippen LogP contribution < -0.4 is 9.62 Å². The van der Waals surface area contributed by atoms with E-state index in [9.17, 15) is 18.0 Å².